The van der Waals surface area contributed by atoms with Gasteiger partial charge in [-0.05, 0) is 53.2 Å². The maximum atomic E-state index is 9.84. The van der Waals surface area contributed by atoms with Gasteiger partial charge >= 0.3 is 0 Å². The Labute approximate surface area is 92.3 Å². The molecule has 0 spiro atoms. The van der Waals surface area contributed by atoms with E-state index in [-0.39, 0.29) is 6.04 Å². The van der Waals surface area contributed by atoms with Crippen molar-refractivity contribution in [1.82, 2.24) is 0 Å². The molecule has 76 valence electrons. The van der Waals surface area contributed by atoms with Gasteiger partial charge in [0.05, 0.1) is 4.47 Å². The molecule has 0 saturated heterocycles. The maximum Gasteiger partial charge on any atom is 0.134 e. The molecule has 3 heteroatoms. The number of halogens is 1. The minimum absolute atomic E-state index is 0.00815. The van der Waals surface area contributed by atoms with E-state index in [0.717, 1.165) is 15.6 Å². The van der Waals surface area contributed by atoms with Gasteiger partial charge in [0.15, 0.2) is 0 Å². The summed E-state index contributed by atoms with van der Waals surface area (Å²) in [5.41, 5.74) is 8.06. The van der Waals surface area contributed by atoms with Crippen LogP contribution in [0.15, 0.2) is 16.6 Å². The lowest BCUT2D eigenvalue weighted by Crippen LogP contribution is -2.12. The smallest absolute Gasteiger partial charge is 0.134 e. The number of benzene rings is 1. The van der Waals surface area contributed by atoms with Crippen LogP contribution in [-0.2, 0) is 0 Å². The number of aryl methyl sites for hydroxylation is 1. The zero-order valence-electron chi connectivity index (χ0n) is 8.13. The molecule has 1 aromatic carbocycles. The molecule has 0 radical (unpaired) electrons. The van der Waals surface area contributed by atoms with E-state index in [9.17, 15) is 5.11 Å². The summed E-state index contributed by atoms with van der Waals surface area (Å²) in [4.78, 5) is 0. The van der Waals surface area contributed by atoms with Crippen molar-refractivity contribution in [2.24, 2.45) is 11.7 Å². The fourth-order valence-corrected chi connectivity index (χ4v) is 2.31. The molecule has 3 N–H and O–H groups in total. The summed E-state index contributed by atoms with van der Waals surface area (Å²) in [7, 11) is 0. The predicted molar refractivity (Wildman–Crippen MR) is 60.2 cm³/mol. The van der Waals surface area contributed by atoms with Crippen LogP contribution in [0.1, 0.15) is 30.0 Å². The first kappa shape index (κ1) is 9.99. The largest absolute Gasteiger partial charge is 0.506 e. The number of hydrogen-bond donors (Lipinski definition) is 2. The Balaban J connectivity index is 2.39. The van der Waals surface area contributed by atoms with Gasteiger partial charge in [0, 0.05) is 11.6 Å². The third-order valence-electron chi connectivity index (χ3n) is 2.73. The summed E-state index contributed by atoms with van der Waals surface area (Å²) < 4.78 is 0.739. The third kappa shape index (κ3) is 1.79. The van der Waals surface area contributed by atoms with Crippen LogP contribution in [0.25, 0.3) is 0 Å². The lowest BCUT2D eigenvalue weighted by Gasteiger charge is -2.14. The fraction of sp³-hybridized carbons (Fsp3) is 0.455. The maximum absolute atomic E-state index is 9.84. The molecule has 1 aliphatic rings. The Morgan fingerprint density at radius 3 is 2.71 bits per heavy atom. The first-order valence-electron chi connectivity index (χ1n) is 4.84. The summed E-state index contributed by atoms with van der Waals surface area (Å²) in [6.07, 6.45) is 2.37. The molecule has 0 aliphatic heterocycles. The quantitative estimate of drug-likeness (QED) is 0.854. The van der Waals surface area contributed by atoms with E-state index in [2.05, 4.69) is 15.9 Å². The third-order valence-corrected chi connectivity index (χ3v) is 3.33. The average Bonchev–Trinajstić information content (AvgIpc) is 2.93. The molecule has 1 aliphatic carbocycles. The molecule has 1 atom stereocenters. The molecular weight excluding hydrogens is 242 g/mol. The van der Waals surface area contributed by atoms with Gasteiger partial charge in [0.25, 0.3) is 0 Å². The summed E-state index contributed by atoms with van der Waals surface area (Å²) >= 11 is 3.33. The first-order chi connectivity index (χ1) is 6.59. The van der Waals surface area contributed by atoms with Crippen LogP contribution in [-0.4, -0.2) is 5.11 Å². The van der Waals surface area contributed by atoms with Crippen LogP contribution < -0.4 is 5.73 Å². The molecule has 0 bridgehead atoms. The molecule has 1 aromatic rings. The fourth-order valence-electron chi connectivity index (χ4n) is 1.72. The normalized spacial score (nSPS) is 18.2. The van der Waals surface area contributed by atoms with Gasteiger partial charge in [-0.2, -0.15) is 0 Å². The number of hydrogen-bond acceptors (Lipinski definition) is 2. The van der Waals surface area contributed by atoms with Gasteiger partial charge in [-0.25, -0.2) is 0 Å². The van der Waals surface area contributed by atoms with Gasteiger partial charge in [0.2, 0.25) is 0 Å². The highest BCUT2D eigenvalue weighted by atomic mass is 79.9. The number of phenolic OH excluding ortho intramolecular Hbond substituents is 1. The van der Waals surface area contributed by atoms with E-state index >= 15 is 0 Å². The molecule has 2 rings (SSSR count). The summed E-state index contributed by atoms with van der Waals surface area (Å²) in [6.45, 7) is 2.01. The molecular formula is C11H14BrNO. The molecule has 1 saturated carbocycles. The Bertz CT molecular complexity index is 361. The molecule has 0 amide bonds. The second-order valence-corrected chi connectivity index (χ2v) is 4.90. The summed E-state index contributed by atoms with van der Waals surface area (Å²) in [5, 5.41) is 9.84. The van der Waals surface area contributed by atoms with Crippen molar-refractivity contribution in [3.8, 4) is 5.75 Å². The van der Waals surface area contributed by atoms with Crippen molar-refractivity contribution in [2.45, 2.75) is 25.8 Å². The van der Waals surface area contributed by atoms with E-state index in [4.69, 9.17) is 5.73 Å². The van der Waals surface area contributed by atoms with Gasteiger partial charge in [-0.3, -0.25) is 0 Å². The summed E-state index contributed by atoms with van der Waals surface area (Å²) in [6, 6.07) is 3.87. The van der Waals surface area contributed by atoms with E-state index in [1.165, 1.54) is 12.8 Å². The van der Waals surface area contributed by atoms with Crippen molar-refractivity contribution >= 4 is 15.9 Å². The second kappa shape index (κ2) is 3.55. The molecule has 1 unspecified atom stereocenters. The monoisotopic (exact) mass is 255 g/mol. The van der Waals surface area contributed by atoms with Crippen molar-refractivity contribution in [2.75, 3.05) is 0 Å². The highest BCUT2D eigenvalue weighted by Gasteiger charge is 2.31. The van der Waals surface area contributed by atoms with Crippen molar-refractivity contribution in [3.63, 3.8) is 0 Å². The minimum atomic E-state index is -0.00815. The Morgan fingerprint density at radius 1 is 1.50 bits per heavy atom. The van der Waals surface area contributed by atoms with E-state index < -0.39 is 0 Å². The molecule has 0 heterocycles. The second-order valence-electron chi connectivity index (χ2n) is 4.05. The zero-order valence-corrected chi connectivity index (χ0v) is 9.71. The minimum Gasteiger partial charge on any atom is -0.506 e. The molecule has 1 fully saturated rings. The Morgan fingerprint density at radius 2 is 2.14 bits per heavy atom. The van der Waals surface area contributed by atoms with Gasteiger partial charge < -0.3 is 10.8 Å². The van der Waals surface area contributed by atoms with E-state index in [1.807, 2.05) is 19.1 Å². The average molecular weight is 256 g/mol. The van der Waals surface area contributed by atoms with Crippen molar-refractivity contribution < 1.29 is 5.11 Å². The molecule has 2 nitrogen and oxygen atoms in total. The zero-order chi connectivity index (χ0) is 10.3. The number of nitrogens with two attached hydrogens (primary N) is 1. The standard InChI is InChI=1S/C11H14BrNO/c1-6-4-8(10(13)7-2-3-7)11(14)9(12)5-6/h4-5,7,10,14H,2-3,13H2,1H3. The van der Waals surface area contributed by atoms with E-state index in [0.29, 0.717) is 11.7 Å². The Hall–Kier alpha value is -0.540. The van der Waals surface area contributed by atoms with Crippen LogP contribution in [0, 0.1) is 12.8 Å². The highest BCUT2D eigenvalue weighted by Crippen LogP contribution is 2.43. The Kier molecular flexibility index (Phi) is 2.54. The highest BCUT2D eigenvalue weighted by molar-refractivity contribution is 9.10. The number of rotatable bonds is 2. The SMILES string of the molecule is Cc1cc(Br)c(O)c(C(N)C2CC2)c1. The van der Waals surface area contributed by atoms with Crippen LogP contribution in [0.5, 0.6) is 5.75 Å². The first-order valence-corrected chi connectivity index (χ1v) is 5.63. The lowest BCUT2D eigenvalue weighted by atomic mass is 10.0. The van der Waals surface area contributed by atoms with Crippen LogP contribution in [0.4, 0.5) is 0 Å². The van der Waals surface area contributed by atoms with Crippen molar-refractivity contribution in [1.29, 1.82) is 0 Å². The van der Waals surface area contributed by atoms with Crippen LogP contribution >= 0.6 is 15.9 Å². The van der Waals surface area contributed by atoms with Crippen molar-refractivity contribution in [3.05, 3.63) is 27.7 Å². The summed E-state index contributed by atoms with van der Waals surface area (Å²) in [5.74, 6) is 0.865. The molecule has 14 heavy (non-hydrogen) atoms. The van der Waals surface area contributed by atoms with E-state index in [1.54, 1.807) is 0 Å². The molecule has 0 aromatic heterocycles. The number of phenols is 1. The van der Waals surface area contributed by atoms with Crippen LogP contribution in [0.2, 0.25) is 0 Å². The topological polar surface area (TPSA) is 46.2 Å². The number of aromatic hydroxyl groups is 1. The van der Waals surface area contributed by atoms with Gasteiger partial charge in [0.1, 0.15) is 5.75 Å². The predicted octanol–water partition coefficient (Wildman–Crippen LogP) is 2.87. The van der Waals surface area contributed by atoms with Crippen LogP contribution in [0.3, 0.4) is 0 Å². The van der Waals surface area contributed by atoms with Gasteiger partial charge in [-0.15, -0.1) is 0 Å². The lowest BCUT2D eigenvalue weighted by molar-refractivity contribution is 0.452. The van der Waals surface area contributed by atoms with Gasteiger partial charge in [-0.1, -0.05) is 6.07 Å².